The van der Waals surface area contributed by atoms with Crippen molar-refractivity contribution < 1.29 is 14.7 Å². The van der Waals surface area contributed by atoms with Crippen LogP contribution in [0.5, 0.6) is 0 Å². The van der Waals surface area contributed by atoms with E-state index in [2.05, 4.69) is 12.2 Å². The van der Waals surface area contributed by atoms with Crippen LogP contribution in [-0.4, -0.2) is 23.5 Å². The summed E-state index contributed by atoms with van der Waals surface area (Å²) in [5.74, 6) is -1.94. The normalized spacial score (nSPS) is 21.6. The van der Waals surface area contributed by atoms with Crippen LogP contribution < -0.4 is 5.32 Å². The quantitative estimate of drug-likeness (QED) is 0.504. The van der Waals surface area contributed by atoms with E-state index in [0.29, 0.717) is 19.4 Å². The smallest absolute Gasteiger partial charge is 0.307 e. The minimum absolute atomic E-state index is 0.102. The number of carbonyl (C=O) groups is 2. The van der Waals surface area contributed by atoms with Gasteiger partial charge in [0.15, 0.2) is 0 Å². The van der Waals surface area contributed by atoms with Gasteiger partial charge in [-0.05, 0) is 19.3 Å². The zero-order chi connectivity index (χ0) is 14.8. The predicted octanol–water partition coefficient (Wildman–Crippen LogP) is 3.13. The zero-order valence-corrected chi connectivity index (χ0v) is 12.4. The van der Waals surface area contributed by atoms with Gasteiger partial charge in [0.25, 0.3) is 0 Å². The Morgan fingerprint density at radius 2 is 1.65 bits per heavy atom. The molecule has 1 rings (SSSR count). The van der Waals surface area contributed by atoms with Crippen LogP contribution in [-0.2, 0) is 9.59 Å². The van der Waals surface area contributed by atoms with Gasteiger partial charge in [-0.25, -0.2) is 0 Å². The van der Waals surface area contributed by atoms with Gasteiger partial charge in [0.2, 0.25) is 5.91 Å². The van der Waals surface area contributed by atoms with Gasteiger partial charge in [0.05, 0.1) is 11.8 Å². The Morgan fingerprint density at radius 3 is 2.30 bits per heavy atom. The summed E-state index contributed by atoms with van der Waals surface area (Å²) in [6, 6.07) is 0. The summed E-state index contributed by atoms with van der Waals surface area (Å²) in [5, 5.41) is 12.0. The molecule has 4 nitrogen and oxygen atoms in total. The van der Waals surface area contributed by atoms with Crippen molar-refractivity contribution in [3.8, 4) is 0 Å². The van der Waals surface area contributed by atoms with E-state index in [4.69, 9.17) is 5.11 Å². The summed E-state index contributed by atoms with van der Waals surface area (Å²) in [6.45, 7) is 2.86. The van der Waals surface area contributed by atoms with E-state index in [1.165, 1.54) is 25.7 Å². The second kappa shape index (κ2) is 9.56. The van der Waals surface area contributed by atoms with Gasteiger partial charge in [-0.1, -0.05) is 51.2 Å². The number of allylic oxidation sites excluding steroid dienone is 2. The highest BCUT2D eigenvalue weighted by Gasteiger charge is 2.33. The van der Waals surface area contributed by atoms with E-state index in [-0.39, 0.29) is 5.91 Å². The van der Waals surface area contributed by atoms with E-state index in [0.717, 1.165) is 12.8 Å². The number of nitrogens with one attached hydrogen (secondary N) is 1. The van der Waals surface area contributed by atoms with E-state index in [1.54, 1.807) is 0 Å². The third-order valence-corrected chi connectivity index (χ3v) is 3.92. The standard InChI is InChI=1S/C16H27NO3/c1-2-3-4-5-6-9-12-17-15(18)13-10-7-8-11-14(13)16(19)20/h7-8,13-14H,2-6,9-12H2,1H3,(H,17,18)(H,19,20). The molecule has 2 unspecified atom stereocenters. The molecule has 0 aromatic heterocycles. The van der Waals surface area contributed by atoms with Gasteiger partial charge in [-0.2, -0.15) is 0 Å². The van der Waals surface area contributed by atoms with Gasteiger partial charge in [0.1, 0.15) is 0 Å². The number of amides is 1. The Kier molecular flexibility index (Phi) is 8.00. The number of carboxylic acid groups (broad SMARTS) is 1. The molecule has 1 aliphatic carbocycles. The molecule has 0 aliphatic heterocycles. The average molecular weight is 281 g/mol. The summed E-state index contributed by atoms with van der Waals surface area (Å²) >= 11 is 0. The molecule has 20 heavy (non-hydrogen) atoms. The molecule has 4 heteroatoms. The fourth-order valence-corrected chi connectivity index (χ4v) is 2.62. The number of unbranched alkanes of at least 4 members (excludes halogenated alkanes) is 5. The molecular weight excluding hydrogens is 254 g/mol. The summed E-state index contributed by atoms with van der Waals surface area (Å²) in [5.41, 5.74) is 0. The third kappa shape index (κ3) is 5.76. The topological polar surface area (TPSA) is 66.4 Å². The van der Waals surface area contributed by atoms with Crippen molar-refractivity contribution in [1.29, 1.82) is 0 Å². The minimum atomic E-state index is -0.867. The SMILES string of the molecule is CCCCCCCCNC(=O)C1CC=CCC1C(=O)O. The highest BCUT2D eigenvalue weighted by molar-refractivity contribution is 5.85. The fraction of sp³-hybridized carbons (Fsp3) is 0.750. The summed E-state index contributed by atoms with van der Waals surface area (Å²) in [4.78, 5) is 23.2. The van der Waals surface area contributed by atoms with Crippen LogP contribution in [0.25, 0.3) is 0 Å². The molecule has 0 aromatic carbocycles. The number of carboxylic acids is 1. The van der Waals surface area contributed by atoms with Crippen molar-refractivity contribution in [2.45, 2.75) is 58.3 Å². The van der Waals surface area contributed by atoms with E-state index in [1.807, 2.05) is 12.2 Å². The lowest BCUT2D eigenvalue weighted by Gasteiger charge is -2.24. The van der Waals surface area contributed by atoms with Crippen LogP contribution in [0.3, 0.4) is 0 Å². The average Bonchev–Trinajstić information content (AvgIpc) is 2.46. The lowest BCUT2D eigenvalue weighted by Crippen LogP contribution is -2.39. The van der Waals surface area contributed by atoms with Crippen molar-refractivity contribution in [3.05, 3.63) is 12.2 Å². The lowest BCUT2D eigenvalue weighted by atomic mass is 9.82. The molecule has 0 heterocycles. The molecular formula is C16H27NO3. The minimum Gasteiger partial charge on any atom is -0.481 e. The highest BCUT2D eigenvalue weighted by Crippen LogP contribution is 2.25. The Morgan fingerprint density at radius 1 is 1.05 bits per heavy atom. The zero-order valence-electron chi connectivity index (χ0n) is 12.4. The van der Waals surface area contributed by atoms with Crippen molar-refractivity contribution in [2.24, 2.45) is 11.8 Å². The molecule has 1 aliphatic rings. The van der Waals surface area contributed by atoms with E-state index >= 15 is 0 Å². The predicted molar refractivity (Wildman–Crippen MR) is 79.4 cm³/mol. The van der Waals surface area contributed by atoms with Crippen LogP contribution in [0, 0.1) is 11.8 Å². The van der Waals surface area contributed by atoms with Gasteiger partial charge in [-0.3, -0.25) is 9.59 Å². The Labute approximate surface area is 121 Å². The molecule has 2 atom stereocenters. The molecule has 114 valence electrons. The maximum Gasteiger partial charge on any atom is 0.307 e. The first-order chi connectivity index (χ1) is 9.66. The van der Waals surface area contributed by atoms with Crippen LogP contribution in [0.2, 0.25) is 0 Å². The molecule has 0 spiro atoms. The van der Waals surface area contributed by atoms with E-state index in [9.17, 15) is 9.59 Å². The van der Waals surface area contributed by atoms with Crippen LogP contribution in [0.4, 0.5) is 0 Å². The molecule has 0 aromatic rings. The van der Waals surface area contributed by atoms with Crippen LogP contribution in [0.1, 0.15) is 58.3 Å². The maximum atomic E-state index is 12.0. The second-order valence-electron chi connectivity index (χ2n) is 5.55. The van der Waals surface area contributed by atoms with Crippen molar-refractivity contribution in [1.82, 2.24) is 5.32 Å². The number of carbonyl (C=O) groups excluding carboxylic acids is 1. The number of hydrogen-bond donors (Lipinski definition) is 2. The van der Waals surface area contributed by atoms with E-state index < -0.39 is 17.8 Å². The molecule has 0 saturated carbocycles. The number of hydrogen-bond acceptors (Lipinski definition) is 2. The van der Waals surface area contributed by atoms with Crippen LogP contribution >= 0.6 is 0 Å². The van der Waals surface area contributed by atoms with Crippen molar-refractivity contribution >= 4 is 11.9 Å². The molecule has 0 fully saturated rings. The lowest BCUT2D eigenvalue weighted by molar-refractivity contribution is -0.147. The third-order valence-electron chi connectivity index (χ3n) is 3.92. The summed E-state index contributed by atoms with van der Waals surface area (Å²) < 4.78 is 0. The Bertz CT molecular complexity index is 339. The maximum absolute atomic E-state index is 12.0. The summed E-state index contributed by atoms with van der Waals surface area (Å²) in [6.07, 6.45) is 11.9. The first-order valence-electron chi connectivity index (χ1n) is 7.82. The molecule has 0 saturated heterocycles. The first kappa shape index (κ1) is 16.7. The summed E-state index contributed by atoms with van der Waals surface area (Å²) in [7, 11) is 0. The fourth-order valence-electron chi connectivity index (χ4n) is 2.62. The second-order valence-corrected chi connectivity index (χ2v) is 5.55. The first-order valence-corrected chi connectivity index (χ1v) is 7.82. The number of aliphatic carboxylic acids is 1. The van der Waals surface area contributed by atoms with Gasteiger partial charge >= 0.3 is 5.97 Å². The highest BCUT2D eigenvalue weighted by atomic mass is 16.4. The largest absolute Gasteiger partial charge is 0.481 e. The monoisotopic (exact) mass is 281 g/mol. The molecule has 0 radical (unpaired) electrons. The molecule has 1 amide bonds. The molecule has 0 bridgehead atoms. The van der Waals surface area contributed by atoms with Gasteiger partial charge < -0.3 is 10.4 Å². The Balaban J connectivity index is 2.21. The Hall–Kier alpha value is -1.32. The number of rotatable bonds is 9. The van der Waals surface area contributed by atoms with Crippen LogP contribution in [0.15, 0.2) is 12.2 Å². The molecule has 2 N–H and O–H groups in total. The van der Waals surface area contributed by atoms with Gasteiger partial charge in [0, 0.05) is 6.54 Å². The van der Waals surface area contributed by atoms with Crippen molar-refractivity contribution in [2.75, 3.05) is 6.54 Å². The van der Waals surface area contributed by atoms with Crippen molar-refractivity contribution in [3.63, 3.8) is 0 Å². The van der Waals surface area contributed by atoms with Gasteiger partial charge in [-0.15, -0.1) is 0 Å².